The minimum Gasteiger partial charge on any atom is -0.502 e. The maximum atomic E-state index is 11.4. The third-order valence-electron chi connectivity index (χ3n) is 4.21. The van der Waals surface area contributed by atoms with Gasteiger partial charge in [0, 0.05) is 18.2 Å². The second-order valence-electron chi connectivity index (χ2n) is 5.63. The average molecular weight is 265 g/mol. The van der Waals surface area contributed by atoms with Crippen LogP contribution in [0.25, 0.3) is 0 Å². The highest BCUT2D eigenvalue weighted by Crippen LogP contribution is 2.32. The van der Waals surface area contributed by atoms with Crippen molar-refractivity contribution in [1.29, 1.82) is 0 Å². The molecular formula is C15H23NO3. The van der Waals surface area contributed by atoms with Crippen LogP contribution in [0, 0.1) is 5.92 Å². The monoisotopic (exact) mass is 265 g/mol. The second kappa shape index (κ2) is 5.78. The van der Waals surface area contributed by atoms with Crippen molar-refractivity contribution < 1.29 is 9.52 Å². The fourth-order valence-electron chi connectivity index (χ4n) is 2.39. The average Bonchev–Trinajstić information content (AvgIpc) is 3.22. The van der Waals surface area contributed by atoms with E-state index >= 15 is 0 Å². The fourth-order valence-corrected chi connectivity index (χ4v) is 2.39. The predicted molar refractivity (Wildman–Crippen MR) is 74.1 cm³/mol. The molecular weight excluding hydrogens is 242 g/mol. The predicted octanol–water partition coefficient (Wildman–Crippen LogP) is 2.74. The molecule has 1 aromatic rings. The topological polar surface area (TPSA) is 53.7 Å². The van der Waals surface area contributed by atoms with Crippen molar-refractivity contribution in [2.45, 2.75) is 58.7 Å². The zero-order chi connectivity index (χ0) is 14.0. The fraction of sp³-hybridized carbons (Fsp3) is 0.667. The summed E-state index contributed by atoms with van der Waals surface area (Å²) in [7, 11) is 0. The molecule has 1 N–H and O–H groups in total. The molecule has 19 heavy (non-hydrogen) atoms. The van der Waals surface area contributed by atoms with Gasteiger partial charge in [-0.25, -0.2) is 0 Å². The van der Waals surface area contributed by atoms with Gasteiger partial charge in [-0.1, -0.05) is 20.3 Å². The molecule has 0 saturated heterocycles. The van der Waals surface area contributed by atoms with Gasteiger partial charge in [-0.15, -0.1) is 0 Å². The van der Waals surface area contributed by atoms with Crippen molar-refractivity contribution in [3.63, 3.8) is 0 Å². The molecule has 0 spiro atoms. The summed E-state index contributed by atoms with van der Waals surface area (Å²) in [6.07, 6.45) is 4.73. The van der Waals surface area contributed by atoms with Gasteiger partial charge in [0.05, 0.1) is 6.54 Å². The summed E-state index contributed by atoms with van der Waals surface area (Å²) in [6.45, 7) is 7.34. The van der Waals surface area contributed by atoms with Crippen molar-refractivity contribution in [2.24, 2.45) is 5.92 Å². The van der Waals surface area contributed by atoms with E-state index in [1.54, 1.807) is 0 Å². The van der Waals surface area contributed by atoms with Gasteiger partial charge >= 0.3 is 0 Å². The summed E-state index contributed by atoms with van der Waals surface area (Å²) < 4.78 is 5.32. The van der Waals surface area contributed by atoms with Crippen LogP contribution in [0.5, 0.6) is 5.75 Å². The Morgan fingerprint density at radius 2 is 2.16 bits per heavy atom. The largest absolute Gasteiger partial charge is 0.502 e. The molecule has 0 aromatic carbocycles. The normalized spacial score (nSPS) is 18.5. The molecule has 0 aliphatic heterocycles. The molecule has 1 aliphatic carbocycles. The smallest absolute Gasteiger partial charge is 0.226 e. The summed E-state index contributed by atoms with van der Waals surface area (Å²) in [6, 6.07) is 2.48. The summed E-state index contributed by atoms with van der Waals surface area (Å²) in [5.41, 5.74) is -0.367. The highest BCUT2D eigenvalue weighted by Gasteiger charge is 2.34. The first-order valence-corrected chi connectivity index (χ1v) is 7.09. The van der Waals surface area contributed by atoms with Gasteiger partial charge in [-0.3, -0.25) is 9.69 Å². The zero-order valence-electron chi connectivity index (χ0n) is 11.9. The maximum absolute atomic E-state index is 11.4. The summed E-state index contributed by atoms with van der Waals surface area (Å²) in [4.78, 5) is 13.9. The van der Waals surface area contributed by atoms with Gasteiger partial charge < -0.3 is 9.52 Å². The lowest BCUT2D eigenvalue weighted by atomic mass is 9.99. The highest BCUT2D eigenvalue weighted by molar-refractivity contribution is 5.15. The van der Waals surface area contributed by atoms with Gasteiger partial charge in [-0.2, -0.15) is 0 Å². The van der Waals surface area contributed by atoms with E-state index < -0.39 is 0 Å². The molecule has 1 aromatic heterocycles. The number of nitrogens with zero attached hydrogens (tertiary/aromatic N) is 1. The van der Waals surface area contributed by atoms with Crippen LogP contribution in [0.2, 0.25) is 0 Å². The van der Waals surface area contributed by atoms with Gasteiger partial charge in [0.15, 0.2) is 5.75 Å². The zero-order valence-corrected chi connectivity index (χ0v) is 11.9. The molecule has 4 heteroatoms. The second-order valence-corrected chi connectivity index (χ2v) is 5.63. The number of hydrogen-bond acceptors (Lipinski definition) is 4. The van der Waals surface area contributed by atoms with Crippen molar-refractivity contribution in [3.8, 4) is 5.75 Å². The Kier molecular flexibility index (Phi) is 4.30. The number of aromatic hydroxyl groups is 1. The lowest BCUT2D eigenvalue weighted by molar-refractivity contribution is 0.130. The molecule has 1 fully saturated rings. The molecule has 2 atom stereocenters. The summed E-state index contributed by atoms with van der Waals surface area (Å²) in [5, 5.41) is 9.21. The van der Waals surface area contributed by atoms with E-state index in [2.05, 4.69) is 25.7 Å². The Labute approximate surface area is 114 Å². The third kappa shape index (κ3) is 3.38. The molecule has 1 heterocycles. The third-order valence-corrected chi connectivity index (χ3v) is 4.21. The molecule has 2 unspecified atom stereocenters. The van der Waals surface area contributed by atoms with Gasteiger partial charge in [0.2, 0.25) is 5.43 Å². The van der Waals surface area contributed by atoms with Crippen LogP contribution >= 0.6 is 0 Å². The van der Waals surface area contributed by atoms with E-state index in [1.165, 1.54) is 18.9 Å². The van der Waals surface area contributed by atoms with Crippen LogP contribution in [-0.2, 0) is 6.54 Å². The van der Waals surface area contributed by atoms with Crippen molar-refractivity contribution in [1.82, 2.24) is 4.90 Å². The number of rotatable bonds is 6. The molecule has 0 bridgehead atoms. The van der Waals surface area contributed by atoms with E-state index in [0.29, 0.717) is 30.3 Å². The Morgan fingerprint density at radius 1 is 1.47 bits per heavy atom. The molecule has 4 nitrogen and oxygen atoms in total. The highest BCUT2D eigenvalue weighted by atomic mass is 16.4. The Morgan fingerprint density at radius 3 is 2.68 bits per heavy atom. The molecule has 1 aliphatic rings. The first-order valence-electron chi connectivity index (χ1n) is 7.09. The van der Waals surface area contributed by atoms with Crippen LogP contribution in [-0.4, -0.2) is 22.1 Å². The molecule has 1 saturated carbocycles. The number of hydrogen-bond donors (Lipinski definition) is 1. The van der Waals surface area contributed by atoms with Crippen LogP contribution in [0.4, 0.5) is 0 Å². The van der Waals surface area contributed by atoms with Gasteiger partial charge in [0.25, 0.3) is 0 Å². The van der Waals surface area contributed by atoms with Gasteiger partial charge in [-0.05, 0) is 25.7 Å². The van der Waals surface area contributed by atoms with E-state index in [0.717, 1.165) is 12.7 Å². The van der Waals surface area contributed by atoms with Crippen molar-refractivity contribution >= 4 is 0 Å². The van der Waals surface area contributed by atoms with Crippen molar-refractivity contribution in [2.75, 3.05) is 0 Å². The van der Waals surface area contributed by atoms with Crippen LogP contribution in [0.1, 0.15) is 45.8 Å². The van der Waals surface area contributed by atoms with E-state index in [-0.39, 0.29) is 11.2 Å². The molecule has 2 rings (SSSR count). The molecule has 106 valence electrons. The van der Waals surface area contributed by atoms with Crippen LogP contribution in [0.15, 0.2) is 21.5 Å². The minimum absolute atomic E-state index is 0.323. The quantitative estimate of drug-likeness (QED) is 0.859. The van der Waals surface area contributed by atoms with E-state index in [9.17, 15) is 9.90 Å². The Balaban J connectivity index is 2.12. The minimum atomic E-state index is -0.367. The van der Waals surface area contributed by atoms with E-state index in [1.807, 2.05) is 0 Å². The summed E-state index contributed by atoms with van der Waals surface area (Å²) >= 11 is 0. The Hall–Kier alpha value is -1.29. The lowest BCUT2D eigenvalue weighted by Crippen LogP contribution is -2.38. The van der Waals surface area contributed by atoms with Gasteiger partial charge in [0.1, 0.15) is 12.0 Å². The van der Waals surface area contributed by atoms with E-state index in [4.69, 9.17) is 4.42 Å². The molecule has 0 amide bonds. The van der Waals surface area contributed by atoms with Crippen LogP contribution in [0.3, 0.4) is 0 Å². The Bertz CT molecular complexity index is 479. The standard InChI is InChI=1S/C15H23NO3/c1-4-10(2)11(3)16(12-5-6-12)8-13-7-14(17)15(18)9-19-13/h7,9-12,18H,4-6,8H2,1-3H3. The van der Waals surface area contributed by atoms with Crippen LogP contribution < -0.4 is 5.43 Å². The lowest BCUT2D eigenvalue weighted by Gasteiger charge is -2.32. The molecule has 0 radical (unpaired) electrons. The van der Waals surface area contributed by atoms with Crippen molar-refractivity contribution in [3.05, 3.63) is 28.3 Å². The SMILES string of the molecule is CCC(C)C(C)N(Cc1cc(=O)c(O)co1)C1CC1. The summed E-state index contributed by atoms with van der Waals surface area (Å²) in [5.74, 6) is 0.922. The first-order chi connectivity index (χ1) is 9.02. The first kappa shape index (κ1) is 14.1. The maximum Gasteiger partial charge on any atom is 0.226 e.